The van der Waals surface area contributed by atoms with Gasteiger partial charge in [0.15, 0.2) is 11.6 Å². The summed E-state index contributed by atoms with van der Waals surface area (Å²) in [6.45, 7) is 6.77. The molecule has 0 amide bonds. The minimum atomic E-state index is -0.266. The van der Waals surface area contributed by atoms with Crippen LogP contribution >= 0.6 is 0 Å². The van der Waals surface area contributed by atoms with Gasteiger partial charge in [0.1, 0.15) is 0 Å². The van der Waals surface area contributed by atoms with E-state index in [1.807, 2.05) is 6.07 Å². The number of allylic oxidation sites excluding steroid dienone is 5. The van der Waals surface area contributed by atoms with Gasteiger partial charge in [-0.05, 0) is 37.6 Å². The van der Waals surface area contributed by atoms with Gasteiger partial charge in [-0.15, -0.1) is 0 Å². The summed E-state index contributed by atoms with van der Waals surface area (Å²) in [6, 6.07) is 5.21. The molecule has 2 rings (SSSR count). The highest BCUT2D eigenvalue weighted by Crippen LogP contribution is 2.11. The predicted octanol–water partition coefficient (Wildman–Crippen LogP) is 2.80. The van der Waals surface area contributed by atoms with Crippen LogP contribution in [0.2, 0.25) is 0 Å². The number of carbonyl (C=O) groups is 1. The van der Waals surface area contributed by atoms with E-state index < -0.39 is 0 Å². The van der Waals surface area contributed by atoms with Crippen molar-refractivity contribution in [2.45, 2.75) is 13.8 Å². The average Bonchev–Trinajstić information content (AvgIpc) is 2.97. The maximum atomic E-state index is 12.5. The molecule has 1 N–H and O–H groups in total. The van der Waals surface area contributed by atoms with Crippen molar-refractivity contribution in [3.8, 4) is 11.9 Å². The minimum Gasteiger partial charge on any atom is -0.296 e. The van der Waals surface area contributed by atoms with Crippen LogP contribution in [0.4, 0.5) is 0 Å². The van der Waals surface area contributed by atoms with E-state index in [1.165, 1.54) is 23.9 Å². The normalized spacial score (nSPS) is 11.9. The summed E-state index contributed by atoms with van der Waals surface area (Å²) < 4.78 is 1.29. The first kappa shape index (κ1) is 16.9. The lowest BCUT2D eigenvalue weighted by Crippen LogP contribution is -2.18. The molecule has 120 valence electrons. The number of ketones is 1. The van der Waals surface area contributed by atoms with Crippen molar-refractivity contribution in [2.75, 3.05) is 0 Å². The molecule has 24 heavy (non-hydrogen) atoms. The molecule has 2 heterocycles. The predicted molar refractivity (Wildman–Crippen MR) is 91.7 cm³/mol. The Hall–Kier alpha value is -3.46. The maximum absolute atomic E-state index is 12.5. The lowest BCUT2D eigenvalue weighted by atomic mass is 10.1. The zero-order valence-electron chi connectivity index (χ0n) is 13.4. The summed E-state index contributed by atoms with van der Waals surface area (Å²) in [4.78, 5) is 27.9. The second kappa shape index (κ2) is 7.20. The number of hydrogen-bond donors (Lipinski definition) is 1. The molecule has 0 aromatic carbocycles. The van der Waals surface area contributed by atoms with E-state index in [2.05, 4.69) is 16.7 Å². The average molecular weight is 320 g/mol. The first-order valence-electron chi connectivity index (χ1n) is 7.17. The Morgan fingerprint density at radius 1 is 1.38 bits per heavy atom. The summed E-state index contributed by atoms with van der Waals surface area (Å²) in [5, 5.41) is 11.7. The third kappa shape index (κ3) is 3.47. The van der Waals surface area contributed by atoms with Gasteiger partial charge in [-0.1, -0.05) is 18.7 Å². The number of nitrogens with zero attached hydrogens (tertiary/aromatic N) is 3. The topological polar surface area (TPSA) is 91.5 Å². The molecular formula is C18H16N4O2. The van der Waals surface area contributed by atoms with Crippen molar-refractivity contribution in [2.24, 2.45) is 0 Å². The number of pyridine rings is 1. The summed E-state index contributed by atoms with van der Waals surface area (Å²) in [5.74, 6) is 0.304. The van der Waals surface area contributed by atoms with Crippen molar-refractivity contribution in [1.29, 1.82) is 5.26 Å². The molecular weight excluding hydrogens is 304 g/mol. The van der Waals surface area contributed by atoms with Crippen LogP contribution in [-0.4, -0.2) is 20.5 Å². The van der Waals surface area contributed by atoms with Gasteiger partial charge in [0.05, 0.1) is 17.2 Å². The molecule has 0 unspecified atom stereocenters. The van der Waals surface area contributed by atoms with E-state index in [1.54, 1.807) is 37.4 Å². The highest BCUT2D eigenvalue weighted by Gasteiger charge is 2.10. The summed E-state index contributed by atoms with van der Waals surface area (Å²) in [6.07, 6.45) is 7.72. The maximum Gasteiger partial charge on any atom is 0.280 e. The fourth-order valence-electron chi connectivity index (χ4n) is 2.00. The monoisotopic (exact) mass is 320 g/mol. The minimum absolute atomic E-state index is 0.0883. The van der Waals surface area contributed by atoms with Gasteiger partial charge in [0.25, 0.3) is 5.56 Å². The molecule has 0 saturated carbocycles. The van der Waals surface area contributed by atoms with Crippen LogP contribution in [0.5, 0.6) is 0 Å². The molecule has 6 nitrogen and oxygen atoms in total. The van der Waals surface area contributed by atoms with E-state index in [9.17, 15) is 9.59 Å². The summed E-state index contributed by atoms with van der Waals surface area (Å²) in [7, 11) is 0. The molecule has 0 radical (unpaired) electrons. The number of rotatable bonds is 5. The lowest BCUT2D eigenvalue weighted by molar-refractivity contribution is 0.101. The Bertz CT molecular complexity index is 935. The van der Waals surface area contributed by atoms with Crippen LogP contribution in [0.15, 0.2) is 59.7 Å². The highest BCUT2D eigenvalue weighted by molar-refractivity contribution is 5.93. The Morgan fingerprint density at radius 2 is 2.12 bits per heavy atom. The van der Waals surface area contributed by atoms with Gasteiger partial charge in [0, 0.05) is 18.0 Å². The van der Waals surface area contributed by atoms with Gasteiger partial charge >= 0.3 is 0 Å². The Labute approximate surface area is 139 Å². The largest absolute Gasteiger partial charge is 0.296 e. The number of nitrogens with one attached hydrogen (secondary N) is 1. The smallest absolute Gasteiger partial charge is 0.280 e. The molecule has 0 aliphatic rings. The van der Waals surface area contributed by atoms with Gasteiger partial charge in [-0.25, -0.2) is 9.67 Å². The first-order chi connectivity index (χ1) is 11.5. The molecule has 2 aromatic heterocycles. The van der Waals surface area contributed by atoms with Crippen molar-refractivity contribution < 1.29 is 4.79 Å². The third-order valence-corrected chi connectivity index (χ3v) is 3.44. The fourth-order valence-corrected chi connectivity index (χ4v) is 2.00. The Balaban J connectivity index is 2.38. The zero-order valence-corrected chi connectivity index (χ0v) is 13.4. The van der Waals surface area contributed by atoms with E-state index in [0.717, 1.165) is 0 Å². The molecule has 0 spiro atoms. The van der Waals surface area contributed by atoms with Crippen LogP contribution in [0.1, 0.15) is 29.8 Å². The molecule has 0 aliphatic heterocycles. The SMILES string of the molecule is C=C/C(C#N)=C\C=C(/C)c1c[nH]n(-c2ccc(C(C)=O)cn2)c1=O. The van der Waals surface area contributed by atoms with Crippen molar-refractivity contribution in [3.05, 3.63) is 76.4 Å². The molecule has 6 heteroatoms. The standard InChI is InChI=1S/C18H16N4O2/c1-4-14(9-19)6-5-12(2)16-11-21-22(18(16)24)17-8-7-15(10-20-17)13(3)23/h4-8,10-11,21H,1H2,2-3H3/b12-5+,14-6+. The number of nitriles is 1. The van der Waals surface area contributed by atoms with Gasteiger partial charge in [-0.2, -0.15) is 5.26 Å². The molecule has 0 atom stereocenters. The van der Waals surface area contributed by atoms with Gasteiger partial charge < -0.3 is 0 Å². The third-order valence-electron chi connectivity index (χ3n) is 3.44. The van der Waals surface area contributed by atoms with E-state index in [0.29, 0.717) is 28.1 Å². The molecule has 0 bridgehead atoms. The first-order valence-corrected chi connectivity index (χ1v) is 7.17. The summed E-state index contributed by atoms with van der Waals surface area (Å²) >= 11 is 0. The number of H-pyrrole nitrogens is 1. The van der Waals surface area contributed by atoms with Gasteiger partial charge in [0.2, 0.25) is 0 Å². The molecule has 2 aromatic rings. The number of carbonyl (C=O) groups excluding carboxylic acids is 1. The number of hydrogen-bond acceptors (Lipinski definition) is 4. The summed E-state index contributed by atoms with van der Waals surface area (Å²) in [5.41, 5.74) is 1.78. The van der Waals surface area contributed by atoms with Crippen LogP contribution in [0.25, 0.3) is 11.4 Å². The van der Waals surface area contributed by atoms with Crippen LogP contribution in [0, 0.1) is 11.3 Å². The van der Waals surface area contributed by atoms with E-state index >= 15 is 0 Å². The van der Waals surface area contributed by atoms with E-state index in [4.69, 9.17) is 5.26 Å². The number of aromatic nitrogens is 3. The molecule has 0 fully saturated rings. The second-order valence-electron chi connectivity index (χ2n) is 5.08. The van der Waals surface area contributed by atoms with Crippen LogP contribution < -0.4 is 5.56 Å². The number of Topliss-reactive ketones (excluding diaryl/α,β-unsaturated/α-hetero) is 1. The second-order valence-corrected chi connectivity index (χ2v) is 5.08. The fraction of sp³-hybridized carbons (Fsp3) is 0.111. The number of aromatic amines is 1. The Morgan fingerprint density at radius 3 is 2.67 bits per heavy atom. The van der Waals surface area contributed by atoms with Crippen LogP contribution in [0.3, 0.4) is 0 Å². The van der Waals surface area contributed by atoms with E-state index in [-0.39, 0.29) is 11.3 Å². The van der Waals surface area contributed by atoms with Crippen molar-refractivity contribution >= 4 is 11.4 Å². The van der Waals surface area contributed by atoms with Crippen LogP contribution in [-0.2, 0) is 0 Å². The van der Waals surface area contributed by atoms with Crippen molar-refractivity contribution in [3.63, 3.8) is 0 Å². The Kier molecular flexibility index (Phi) is 5.07. The molecule has 0 saturated heterocycles. The van der Waals surface area contributed by atoms with Crippen molar-refractivity contribution in [1.82, 2.24) is 14.8 Å². The van der Waals surface area contributed by atoms with Gasteiger partial charge in [-0.3, -0.25) is 14.7 Å². The molecule has 0 aliphatic carbocycles. The zero-order chi connectivity index (χ0) is 17.7. The quantitative estimate of drug-likeness (QED) is 0.521. The highest BCUT2D eigenvalue weighted by atomic mass is 16.1. The lowest BCUT2D eigenvalue weighted by Gasteiger charge is -2.01.